The van der Waals surface area contributed by atoms with Gasteiger partial charge in [-0.05, 0) is 54.6 Å². The first-order chi connectivity index (χ1) is 16.4. The van der Waals surface area contributed by atoms with Crippen molar-refractivity contribution in [1.29, 1.82) is 0 Å². The smallest absolute Gasteiger partial charge is 0.260 e. The monoisotopic (exact) mass is 501 g/mol. The molecule has 0 saturated carbocycles. The summed E-state index contributed by atoms with van der Waals surface area (Å²) >= 11 is 1.19. The minimum absolute atomic E-state index is 0.110. The number of carbonyl (C=O) groups is 1. The van der Waals surface area contributed by atoms with E-state index in [1.807, 2.05) is 0 Å². The molecule has 176 valence electrons. The average molecular weight is 502 g/mol. The summed E-state index contributed by atoms with van der Waals surface area (Å²) in [7, 11) is -3.67. The number of morpholine rings is 1. The minimum atomic E-state index is -3.67. The van der Waals surface area contributed by atoms with Crippen molar-refractivity contribution < 1.29 is 26.8 Å². The maximum atomic E-state index is 13.7. The summed E-state index contributed by atoms with van der Waals surface area (Å²) in [4.78, 5) is 19.5. The van der Waals surface area contributed by atoms with Gasteiger partial charge in [0.2, 0.25) is 10.0 Å². The van der Waals surface area contributed by atoms with E-state index < -0.39 is 10.0 Å². The number of amides is 1. The summed E-state index contributed by atoms with van der Waals surface area (Å²) in [6.45, 7) is 1.39. The Bertz CT molecular complexity index is 1410. The number of hydrogen-bond acceptors (Lipinski definition) is 7. The summed E-state index contributed by atoms with van der Waals surface area (Å²) < 4.78 is 52.1. The average Bonchev–Trinajstić information content (AvgIpc) is 3.52. The Labute approximate surface area is 199 Å². The van der Waals surface area contributed by atoms with Crippen molar-refractivity contribution in [2.45, 2.75) is 11.4 Å². The summed E-state index contributed by atoms with van der Waals surface area (Å²) in [5.74, 6) is -0.222. The van der Waals surface area contributed by atoms with Crippen molar-refractivity contribution in [3.8, 4) is 0 Å². The highest BCUT2D eigenvalue weighted by molar-refractivity contribution is 7.89. The van der Waals surface area contributed by atoms with E-state index in [0.29, 0.717) is 34.3 Å². The first-order valence-electron chi connectivity index (χ1n) is 10.5. The highest BCUT2D eigenvalue weighted by Gasteiger charge is 2.27. The molecule has 0 bridgehead atoms. The molecule has 0 N–H and O–H groups in total. The van der Waals surface area contributed by atoms with Gasteiger partial charge in [-0.3, -0.25) is 9.69 Å². The van der Waals surface area contributed by atoms with Gasteiger partial charge in [-0.25, -0.2) is 17.8 Å². The molecule has 1 fully saturated rings. The highest BCUT2D eigenvalue weighted by Crippen LogP contribution is 2.31. The lowest BCUT2D eigenvalue weighted by molar-refractivity contribution is 0.0730. The van der Waals surface area contributed by atoms with Gasteiger partial charge < -0.3 is 9.15 Å². The van der Waals surface area contributed by atoms with Crippen LogP contribution in [-0.4, -0.2) is 49.9 Å². The Morgan fingerprint density at radius 1 is 1.12 bits per heavy atom. The topological polar surface area (TPSA) is 93.0 Å². The number of nitrogens with zero attached hydrogens (tertiary/aromatic N) is 3. The Morgan fingerprint density at radius 2 is 1.88 bits per heavy atom. The largest absolute Gasteiger partial charge is 0.467 e. The van der Waals surface area contributed by atoms with Gasteiger partial charge in [0, 0.05) is 18.7 Å². The third kappa shape index (κ3) is 4.47. The van der Waals surface area contributed by atoms with Crippen molar-refractivity contribution in [2.75, 3.05) is 31.2 Å². The zero-order valence-electron chi connectivity index (χ0n) is 17.9. The molecule has 1 aliphatic rings. The number of benzene rings is 2. The molecule has 3 heterocycles. The number of carbonyl (C=O) groups excluding carboxylic acids is 1. The normalized spacial score (nSPS) is 15.0. The van der Waals surface area contributed by atoms with Crippen LogP contribution in [0.1, 0.15) is 16.1 Å². The molecule has 8 nitrogen and oxygen atoms in total. The van der Waals surface area contributed by atoms with Crippen molar-refractivity contribution in [3.63, 3.8) is 0 Å². The van der Waals surface area contributed by atoms with E-state index in [1.54, 1.807) is 18.2 Å². The number of rotatable bonds is 6. The standard InChI is InChI=1S/C23H20FN3O5S2/c24-17-5-8-20-21(14-17)33-23(25-20)27(15-18-2-1-11-32-18)22(28)16-3-6-19(7-4-16)34(29,30)26-9-12-31-13-10-26/h1-8,11,14H,9-10,12-13,15H2. The van der Waals surface area contributed by atoms with Gasteiger partial charge in [-0.2, -0.15) is 4.31 Å². The van der Waals surface area contributed by atoms with Crippen LogP contribution in [0.3, 0.4) is 0 Å². The molecule has 0 atom stereocenters. The molecule has 2 aromatic heterocycles. The number of hydrogen-bond donors (Lipinski definition) is 0. The van der Waals surface area contributed by atoms with E-state index >= 15 is 0 Å². The molecule has 2 aromatic carbocycles. The molecule has 0 unspecified atom stereocenters. The van der Waals surface area contributed by atoms with Crippen LogP contribution in [0.15, 0.2) is 70.2 Å². The molecule has 0 radical (unpaired) electrons. The molecule has 1 saturated heterocycles. The van der Waals surface area contributed by atoms with Crippen molar-refractivity contribution in [1.82, 2.24) is 9.29 Å². The number of fused-ring (bicyclic) bond motifs is 1. The highest BCUT2D eigenvalue weighted by atomic mass is 32.2. The van der Waals surface area contributed by atoms with Gasteiger partial charge in [-0.15, -0.1) is 0 Å². The fourth-order valence-corrected chi connectivity index (χ4v) is 6.04. The molecular weight excluding hydrogens is 481 g/mol. The third-order valence-corrected chi connectivity index (χ3v) is 8.37. The van der Waals surface area contributed by atoms with E-state index in [9.17, 15) is 17.6 Å². The number of thiazole rings is 1. The first-order valence-corrected chi connectivity index (χ1v) is 12.8. The van der Waals surface area contributed by atoms with E-state index in [0.717, 1.165) is 0 Å². The summed E-state index contributed by atoms with van der Waals surface area (Å²) in [6.07, 6.45) is 1.51. The van der Waals surface area contributed by atoms with Crippen LogP contribution in [0.5, 0.6) is 0 Å². The molecule has 1 aliphatic heterocycles. The molecule has 11 heteroatoms. The second-order valence-corrected chi connectivity index (χ2v) is 10.6. The van der Waals surface area contributed by atoms with Crippen molar-refractivity contribution >= 4 is 42.6 Å². The summed E-state index contributed by atoms with van der Waals surface area (Å²) in [5.41, 5.74) is 0.864. The molecule has 34 heavy (non-hydrogen) atoms. The third-order valence-electron chi connectivity index (χ3n) is 5.42. The van der Waals surface area contributed by atoms with Crippen LogP contribution in [0, 0.1) is 5.82 Å². The molecular formula is C23H20FN3O5S2. The molecule has 0 aliphatic carbocycles. The maximum absolute atomic E-state index is 13.7. The van der Waals surface area contributed by atoms with Gasteiger partial charge in [0.1, 0.15) is 11.6 Å². The predicted octanol–water partition coefficient (Wildman–Crippen LogP) is 3.90. The van der Waals surface area contributed by atoms with Gasteiger partial charge in [0.05, 0.1) is 41.1 Å². The van der Waals surface area contributed by atoms with Crippen LogP contribution >= 0.6 is 11.3 Å². The lowest BCUT2D eigenvalue weighted by atomic mass is 10.2. The first kappa shape index (κ1) is 22.7. The summed E-state index contributed by atoms with van der Waals surface area (Å²) in [5, 5.41) is 0.381. The van der Waals surface area contributed by atoms with Crippen LogP contribution in [0.4, 0.5) is 9.52 Å². The number of halogens is 1. The lowest BCUT2D eigenvalue weighted by Gasteiger charge is -2.26. The van der Waals surface area contributed by atoms with E-state index in [-0.39, 0.29) is 41.8 Å². The Balaban J connectivity index is 1.46. The Hall–Kier alpha value is -3.12. The number of anilines is 1. The number of sulfonamides is 1. The predicted molar refractivity (Wildman–Crippen MR) is 125 cm³/mol. The van der Waals surface area contributed by atoms with Crippen molar-refractivity contribution in [3.05, 3.63) is 78.0 Å². The lowest BCUT2D eigenvalue weighted by Crippen LogP contribution is -2.40. The number of ether oxygens (including phenoxy) is 1. The second kappa shape index (κ2) is 9.26. The van der Waals surface area contributed by atoms with E-state index in [2.05, 4.69) is 4.98 Å². The SMILES string of the molecule is O=C(c1ccc(S(=O)(=O)N2CCOCC2)cc1)N(Cc1ccco1)c1nc2ccc(F)cc2s1. The van der Waals surface area contributed by atoms with E-state index in [1.165, 1.54) is 63.2 Å². The van der Waals surface area contributed by atoms with Gasteiger partial charge >= 0.3 is 0 Å². The Kier molecular flexibility index (Phi) is 6.17. The van der Waals surface area contributed by atoms with Crippen LogP contribution in [-0.2, 0) is 21.3 Å². The summed E-state index contributed by atoms with van der Waals surface area (Å²) in [6, 6.07) is 13.5. The van der Waals surface area contributed by atoms with Crippen molar-refractivity contribution in [2.24, 2.45) is 0 Å². The molecule has 4 aromatic rings. The fourth-order valence-electron chi connectivity index (χ4n) is 3.65. The quantitative estimate of drug-likeness (QED) is 0.398. The number of aromatic nitrogens is 1. The zero-order valence-corrected chi connectivity index (χ0v) is 19.5. The minimum Gasteiger partial charge on any atom is -0.467 e. The van der Waals surface area contributed by atoms with Gasteiger partial charge in [0.15, 0.2) is 5.13 Å². The molecule has 0 spiro atoms. The molecule has 5 rings (SSSR count). The zero-order chi connectivity index (χ0) is 23.7. The fraction of sp³-hybridized carbons (Fsp3) is 0.217. The van der Waals surface area contributed by atoms with Crippen LogP contribution < -0.4 is 4.90 Å². The van der Waals surface area contributed by atoms with Crippen LogP contribution in [0.25, 0.3) is 10.2 Å². The van der Waals surface area contributed by atoms with Gasteiger partial charge in [-0.1, -0.05) is 11.3 Å². The van der Waals surface area contributed by atoms with Gasteiger partial charge in [0.25, 0.3) is 5.91 Å². The molecule has 1 amide bonds. The maximum Gasteiger partial charge on any atom is 0.260 e. The van der Waals surface area contributed by atoms with E-state index in [4.69, 9.17) is 9.15 Å². The van der Waals surface area contributed by atoms with Crippen LogP contribution in [0.2, 0.25) is 0 Å². The second-order valence-electron chi connectivity index (χ2n) is 7.62. The Morgan fingerprint density at radius 3 is 2.59 bits per heavy atom. The number of furan rings is 1.